The lowest BCUT2D eigenvalue weighted by atomic mass is 10.2. The summed E-state index contributed by atoms with van der Waals surface area (Å²) in [7, 11) is 0. The molecule has 0 aliphatic rings. The Morgan fingerprint density at radius 2 is 1.90 bits per heavy atom. The van der Waals surface area contributed by atoms with Crippen LogP contribution < -0.4 is 15.3 Å². The van der Waals surface area contributed by atoms with Crippen molar-refractivity contribution in [2.75, 3.05) is 11.6 Å². The van der Waals surface area contributed by atoms with Gasteiger partial charge in [-0.25, -0.2) is 9.47 Å². The molecule has 0 fully saturated rings. The van der Waals surface area contributed by atoms with E-state index in [1.165, 1.54) is 10.7 Å². The van der Waals surface area contributed by atoms with Crippen LogP contribution >= 0.6 is 15.9 Å². The van der Waals surface area contributed by atoms with Crippen LogP contribution in [0.1, 0.15) is 28.4 Å². The number of carboxylic acids is 1. The normalized spacial score (nSPS) is 10.6. The van der Waals surface area contributed by atoms with E-state index >= 15 is 0 Å². The summed E-state index contributed by atoms with van der Waals surface area (Å²) >= 11 is 3.49. The molecular weight excluding hydrogens is 436 g/mol. The van der Waals surface area contributed by atoms with Gasteiger partial charge in [-0.05, 0) is 42.8 Å². The minimum absolute atomic E-state index is 0.263. The highest BCUT2D eigenvalue weighted by Gasteiger charge is 2.15. The van der Waals surface area contributed by atoms with Crippen molar-refractivity contribution in [1.82, 2.24) is 4.68 Å². The van der Waals surface area contributed by atoms with Gasteiger partial charge >= 0.3 is 5.97 Å². The fraction of sp³-hybridized carbons (Fsp3) is 0.182. The van der Waals surface area contributed by atoms with Crippen molar-refractivity contribution in [3.63, 3.8) is 0 Å². The number of pyridine rings is 1. The van der Waals surface area contributed by atoms with Gasteiger partial charge in [-0.1, -0.05) is 46.3 Å². The maximum atomic E-state index is 12.6. The van der Waals surface area contributed by atoms with Crippen molar-refractivity contribution in [2.24, 2.45) is 0 Å². The molecule has 1 N–H and O–H groups in total. The highest BCUT2D eigenvalue weighted by atomic mass is 79.9. The van der Waals surface area contributed by atoms with E-state index in [-0.39, 0.29) is 5.56 Å². The van der Waals surface area contributed by atoms with Crippen LogP contribution in [-0.2, 0) is 13.2 Å². The Labute approximate surface area is 177 Å². The second-order valence-electron chi connectivity index (χ2n) is 6.38. The molecule has 0 aliphatic carbocycles. The number of ether oxygens (including phenoxy) is 1. The molecule has 3 rings (SSSR count). The highest BCUT2D eigenvalue weighted by Crippen LogP contribution is 2.25. The van der Waals surface area contributed by atoms with Gasteiger partial charge in [0, 0.05) is 22.8 Å². The Balaban J connectivity index is 1.88. The zero-order valence-electron chi connectivity index (χ0n) is 15.9. The fourth-order valence-electron chi connectivity index (χ4n) is 2.95. The van der Waals surface area contributed by atoms with Gasteiger partial charge in [0.2, 0.25) is 0 Å². The zero-order chi connectivity index (χ0) is 20.8. The molecule has 0 bridgehead atoms. The Bertz CT molecular complexity index is 1050. The van der Waals surface area contributed by atoms with Gasteiger partial charge in [-0.15, -0.1) is 0 Å². The molecule has 1 heterocycles. The Morgan fingerprint density at radius 1 is 1.14 bits per heavy atom. The molecular formula is C22H21BrN2O4. The van der Waals surface area contributed by atoms with Crippen LogP contribution in [0.25, 0.3) is 0 Å². The van der Waals surface area contributed by atoms with E-state index in [2.05, 4.69) is 15.9 Å². The molecule has 150 valence electrons. The molecule has 0 saturated carbocycles. The number of halogens is 1. The van der Waals surface area contributed by atoms with Gasteiger partial charge in [-0.2, -0.15) is 0 Å². The van der Waals surface area contributed by atoms with Crippen molar-refractivity contribution in [3.8, 4) is 5.75 Å². The molecule has 0 radical (unpaired) electrons. The van der Waals surface area contributed by atoms with Crippen LogP contribution in [0.15, 0.2) is 76.1 Å². The number of hydrogen-bond donors (Lipinski definition) is 1. The van der Waals surface area contributed by atoms with Gasteiger partial charge < -0.3 is 14.9 Å². The number of aromatic nitrogens is 1. The van der Waals surface area contributed by atoms with Crippen molar-refractivity contribution < 1.29 is 14.6 Å². The maximum absolute atomic E-state index is 12.6. The summed E-state index contributed by atoms with van der Waals surface area (Å²) in [6.45, 7) is 3.22. The van der Waals surface area contributed by atoms with Crippen molar-refractivity contribution in [2.45, 2.75) is 20.1 Å². The van der Waals surface area contributed by atoms with Crippen molar-refractivity contribution >= 4 is 21.9 Å². The molecule has 29 heavy (non-hydrogen) atoms. The van der Waals surface area contributed by atoms with E-state index in [4.69, 9.17) is 4.74 Å². The maximum Gasteiger partial charge on any atom is 0.341 e. The largest absolute Gasteiger partial charge is 0.489 e. The quantitative estimate of drug-likeness (QED) is 0.553. The average molecular weight is 457 g/mol. The van der Waals surface area contributed by atoms with Gasteiger partial charge in [-0.3, -0.25) is 4.79 Å². The predicted octanol–water partition coefficient (Wildman–Crippen LogP) is 4.05. The first-order valence-corrected chi connectivity index (χ1v) is 9.94. The van der Waals surface area contributed by atoms with Crippen LogP contribution in [0.3, 0.4) is 0 Å². The Hall–Kier alpha value is -3.06. The van der Waals surface area contributed by atoms with E-state index in [0.29, 0.717) is 25.4 Å². The average Bonchev–Trinajstić information content (AvgIpc) is 2.72. The number of rotatable bonds is 8. The standard InChI is InChI=1S/C22H21BrN2O4/c1-2-24(25-12-6-9-19(21(25)26)22(27)28)14-17-13-18(23)10-11-20(17)29-15-16-7-4-3-5-8-16/h3-13H,2,14-15H2,1H3,(H,27,28). The van der Waals surface area contributed by atoms with Crippen LogP contribution in [0.5, 0.6) is 5.75 Å². The number of carbonyl (C=O) groups is 1. The predicted molar refractivity (Wildman–Crippen MR) is 115 cm³/mol. The highest BCUT2D eigenvalue weighted by molar-refractivity contribution is 9.10. The lowest BCUT2D eigenvalue weighted by molar-refractivity contribution is 0.0694. The summed E-state index contributed by atoms with van der Waals surface area (Å²) in [6.07, 6.45) is 1.57. The second-order valence-corrected chi connectivity index (χ2v) is 7.30. The van der Waals surface area contributed by atoms with Gasteiger partial charge in [0.15, 0.2) is 0 Å². The summed E-state index contributed by atoms with van der Waals surface area (Å²) in [6, 6.07) is 18.4. The minimum Gasteiger partial charge on any atom is -0.489 e. The third-order valence-corrected chi connectivity index (χ3v) is 4.93. The summed E-state index contributed by atoms with van der Waals surface area (Å²) in [5.41, 5.74) is 1.10. The van der Waals surface area contributed by atoms with Gasteiger partial charge in [0.05, 0.1) is 6.54 Å². The lowest BCUT2D eigenvalue weighted by Crippen LogP contribution is -2.42. The van der Waals surface area contributed by atoms with E-state index < -0.39 is 11.5 Å². The Kier molecular flexibility index (Phi) is 6.72. The number of aromatic carboxylic acids is 1. The summed E-state index contributed by atoms with van der Waals surface area (Å²) < 4.78 is 8.25. The van der Waals surface area contributed by atoms with Crippen LogP contribution in [0.4, 0.5) is 0 Å². The smallest absolute Gasteiger partial charge is 0.341 e. The third kappa shape index (κ3) is 5.06. The fourth-order valence-corrected chi connectivity index (χ4v) is 3.36. The van der Waals surface area contributed by atoms with E-state index in [1.807, 2.05) is 55.5 Å². The molecule has 0 unspecified atom stereocenters. The zero-order valence-corrected chi connectivity index (χ0v) is 17.5. The molecule has 6 nitrogen and oxygen atoms in total. The first kappa shape index (κ1) is 20.7. The number of benzene rings is 2. The first-order valence-electron chi connectivity index (χ1n) is 9.15. The SMILES string of the molecule is CCN(Cc1cc(Br)ccc1OCc1ccccc1)n1cccc(C(=O)O)c1=O. The molecule has 2 aromatic carbocycles. The number of nitrogens with zero attached hydrogens (tertiary/aromatic N) is 2. The van der Waals surface area contributed by atoms with Crippen LogP contribution in [0.2, 0.25) is 0 Å². The molecule has 0 amide bonds. The van der Waals surface area contributed by atoms with Crippen LogP contribution in [-0.4, -0.2) is 22.3 Å². The van der Waals surface area contributed by atoms with Gasteiger partial charge in [0.25, 0.3) is 5.56 Å². The van der Waals surface area contributed by atoms with Crippen LogP contribution in [0, 0.1) is 0 Å². The van der Waals surface area contributed by atoms with Crippen molar-refractivity contribution in [1.29, 1.82) is 0 Å². The third-order valence-electron chi connectivity index (χ3n) is 4.44. The van der Waals surface area contributed by atoms with Crippen molar-refractivity contribution in [3.05, 3.63) is 98.4 Å². The molecule has 0 spiro atoms. The minimum atomic E-state index is -1.24. The molecule has 3 aromatic rings. The van der Waals surface area contributed by atoms with E-state index in [1.54, 1.807) is 17.3 Å². The molecule has 7 heteroatoms. The number of carboxylic acid groups (broad SMARTS) is 1. The van der Waals surface area contributed by atoms with E-state index in [0.717, 1.165) is 15.6 Å². The molecule has 0 saturated heterocycles. The summed E-state index contributed by atoms with van der Waals surface area (Å²) in [5, 5.41) is 11.0. The number of hydrogen-bond acceptors (Lipinski definition) is 4. The first-order chi connectivity index (χ1) is 14.0. The molecule has 1 aromatic heterocycles. The molecule has 0 atom stereocenters. The summed E-state index contributed by atoms with van der Waals surface area (Å²) in [5.74, 6) is -0.535. The molecule has 0 aliphatic heterocycles. The monoisotopic (exact) mass is 456 g/mol. The summed E-state index contributed by atoms with van der Waals surface area (Å²) in [4.78, 5) is 23.9. The topological polar surface area (TPSA) is 71.8 Å². The lowest BCUT2D eigenvalue weighted by Gasteiger charge is -2.26. The second kappa shape index (κ2) is 9.43. The van der Waals surface area contributed by atoms with E-state index in [9.17, 15) is 14.7 Å². The van der Waals surface area contributed by atoms with Gasteiger partial charge in [0.1, 0.15) is 17.9 Å². The Morgan fingerprint density at radius 3 is 2.59 bits per heavy atom.